The Labute approximate surface area is 336 Å². The lowest BCUT2D eigenvalue weighted by molar-refractivity contribution is 0.389. The van der Waals surface area contributed by atoms with E-state index < -0.39 is 0 Å². The van der Waals surface area contributed by atoms with Crippen LogP contribution in [0.25, 0.3) is 71.9 Å². The Kier molecular flexibility index (Phi) is 6.91. The lowest BCUT2D eigenvalue weighted by Crippen LogP contribution is -2.47. The molecule has 2 unspecified atom stereocenters. The molecule has 2 aliphatic heterocycles. The van der Waals surface area contributed by atoms with Crippen LogP contribution in [0.15, 0.2) is 164 Å². The van der Waals surface area contributed by atoms with E-state index in [4.69, 9.17) is 14.7 Å². The fraction of sp³-hybridized carbons (Fsp3) is 0.115. The second-order valence-corrected chi connectivity index (χ2v) is 17.1. The van der Waals surface area contributed by atoms with Gasteiger partial charge in [0.2, 0.25) is 6.71 Å². The number of phenols is 1. The van der Waals surface area contributed by atoms with Crippen molar-refractivity contribution < 1.29 is 9.84 Å². The second-order valence-electron chi connectivity index (χ2n) is 17.1. The standard InChI is InChI=1S/C52H38BN3O2/c1-52(2,3)34-26-32(25-33(27-34)41-28-31(23-24-54-41)30-13-5-4-6-14-30)35-16-11-20-43-49(35)55-51-47-38(36-15-7-9-19-42(36)56(43)51)29-40-46(50(47)57)37-17-12-22-45-48(37)53(40)39-18-8-10-21-44(39)58-45/h4-29,37,48,57H,1-3H3. The van der Waals surface area contributed by atoms with Gasteiger partial charge in [-0.2, -0.15) is 0 Å². The highest BCUT2D eigenvalue weighted by molar-refractivity contribution is 6.89. The van der Waals surface area contributed by atoms with Crippen LogP contribution in [0.5, 0.6) is 11.5 Å². The Morgan fingerprint density at radius 1 is 0.707 bits per heavy atom. The predicted molar refractivity (Wildman–Crippen MR) is 238 cm³/mol. The van der Waals surface area contributed by atoms with Crippen LogP contribution in [-0.2, 0) is 5.41 Å². The van der Waals surface area contributed by atoms with Gasteiger partial charge >= 0.3 is 0 Å². The summed E-state index contributed by atoms with van der Waals surface area (Å²) in [5, 5.41) is 15.7. The van der Waals surface area contributed by atoms with E-state index in [0.717, 1.165) is 94.4 Å². The van der Waals surface area contributed by atoms with Crippen LogP contribution < -0.4 is 15.7 Å². The maximum Gasteiger partial charge on any atom is 0.226 e. The number of pyridine rings is 2. The number of aromatic nitrogens is 3. The molecule has 276 valence electrons. The van der Waals surface area contributed by atoms with Gasteiger partial charge in [0.05, 0.1) is 27.6 Å². The first-order valence-electron chi connectivity index (χ1n) is 20.2. The minimum Gasteiger partial charge on any atom is -0.507 e. The summed E-state index contributed by atoms with van der Waals surface area (Å²) in [4.78, 5) is 10.4. The van der Waals surface area contributed by atoms with Crippen LogP contribution in [-0.4, -0.2) is 26.2 Å². The molecular formula is C52H38BN3O2. The van der Waals surface area contributed by atoms with Crippen molar-refractivity contribution in [2.24, 2.45) is 0 Å². The molecule has 1 N–H and O–H groups in total. The summed E-state index contributed by atoms with van der Waals surface area (Å²) in [5.41, 5.74) is 14.5. The van der Waals surface area contributed by atoms with E-state index >= 15 is 0 Å². The summed E-state index contributed by atoms with van der Waals surface area (Å²) in [6, 6.07) is 47.3. The van der Waals surface area contributed by atoms with E-state index in [1.54, 1.807) is 0 Å². The molecule has 3 aromatic heterocycles. The van der Waals surface area contributed by atoms with Crippen LogP contribution in [0.2, 0.25) is 5.82 Å². The molecule has 6 heteroatoms. The summed E-state index contributed by atoms with van der Waals surface area (Å²) in [6.45, 7) is 6.85. The van der Waals surface area contributed by atoms with Crippen molar-refractivity contribution in [1.29, 1.82) is 0 Å². The first-order chi connectivity index (χ1) is 28.3. The molecule has 1 aliphatic carbocycles. The Hall–Kier alpha value is -6.92. The van der Waals surface area contributed by atoms with Crippen LogP contribution >= 0.6 is 0 Å². The lowest BCUT2D eigenvalue weighted by atomic mass is 9.34. The Morgan fingerprint density at radius 2 is 1.50 bits per heavy atom. The minimum atomic E-state index is -0.113. The van der Waals surface area contributed by atoms with Crippen molar-refractivity contribution in [3.8, 4) is 45.0 Å². The first-order valence-corrected chi connectivity index (χ1v) is 20.2. The normalized spacial score (nSPS) is 16.7. The van der Waals surface area contributed by atoms with E-state index in [9.17, 15) is 5.11 Å². The minimum absolute atomic E-state index is 0.0169. The summed E-state index contributed by atoms with van der Waals surface area (Å²) >= 11 is 0. The molecule has 5 nitrogen and oxygen atoms in total. The molecule has 0 saturated heterocycles. The Bertz CT molecular complexity index is 3280. The van der Waals surface area contributed by atoms with Crippen LogP contribution in [0.4, 0.5) is 0 Å². The molecule has 2 atom stereocenters. The average Bonchev–Trinajstić information content (AvgIpc) is 3.81. The SMILES string of the molecule is CC(C)(C)c1cc(-c2cc(-c3ccccc3)ccn2)cc(-c2cccc3c2nc2c4c(O)c5c(cc4c4ccccc4n32)B2c3ccccc3OC3=CC=CC5C23)c1. The average molecular weight is 748 g/mol. The Balaban J connectivity index is 1.12. The monoisotopic (exact) mass is 747 g/mol. The lowest BCUT2D eigenvalue weighted by Gasteiger charge is -2.33. The van der Waals surface area contributed by atoms with Crippen LogP contribution in [0.1, 0.15) is 37.8 Å². The van der Waals surface area contributed by atoms with Crippen molar-refractivity contribution in [2.75, 3.05) is 0 Å². The molecule has 12 rings (SSSR count). The number of para-hydroxylation sites is 3. The summed E-state index contributed by atoms with van der Waals surface area (Å²) < 4.78 is 8.78. The van der Waals surface area contributed by atoms with Crippen molar-refractivity contribution in [3.63, 3.8) is 0 Å². The fourth-order valence-electron chi connectivity index (χ4n) is 10.1. The molecule has 58 heavy (non-hydrogen) atoms. The number of allylic oxidation sites excluding steroid dienone is 4. The molecule has 0 fully saturated rings. The van der Waals surface area contributed by atoms with Gasteiger partial charge in [0, 0.05) is 34.4 Å². The third-order valence-corrected chi connectivity index (χ3v) is 12.8. The highest BCUT2D eigenvalue weighted by Crippen LogP contribution is 2.53. The van der Waals surface area contributed by atoms with Gasteiger partial charge in [0.25, 0.3) is 0 Å². The summed E-state index contributed by atoms with van der Waals surface area (Å²) in [5.74, 6) is 2.22. The van der Waals surface area contributed by atoms with E-state index in [2.05, 4.69) is 165 Å². The topological polar surface area (TPSA) is 59.7 Å². The van der Waals surface area contributed by atoms with Gasteiger partial charge in [-0.3, -0.25) is 9.38 Å². The Morgan fingerprint density at radius 3 is 2.38 bits per heavy atom. The van der Waals surface area contributed by atoms with E-state index in [1.165, 1.54) is 11.0 Å². The molecule has 0 saturated carbocycles. The van der Waals surface area contributed by atoms with Crippen molar-refractivity contribution in [3.05, 3.63) is 175 Å². The first kappa shape index (κ1) is 33.2. The zero-order chi connectivity index (χ0) is 38.9. The number of aromatic hydroxyl groups is 1. The molecule has 3 aliphatic rings. The van der Waals surface area contributed by atoms with E-state index in [1.807, 2.05) is 18.3 Å². The van der Waals surface area contributed by atoms with E-state index in [-0.39, 0.29) is 23.9 Å². The molecule has 6 aromatic carbocycles. The van der Waals surface area contributed by atoms with Crippen LogP contribution in [0.3, 0.4) is 0 Å². The number of ether oxygens (including phenoxy) is 1. The van der Waals surface area contributed by atoms with Gasteiger partial charge in [-0.1, -0.05) is 129 Å². The molecule has 0 amide bonds. The zero-order valence-corrected chi connectivity index (χ0v) is 32.4. The quantitative estimate of drug-likeness (QED) is 0.144. The number of benzene rings is 6. The molecule has 9 aromatic rings. The molecule has 0 spiro atoms. The fourth-order valence-corrected chi connectivity index (χ4v) is 10.1. The number of hydrogen-bond acceptors (Lipinski definition) is 4. The molecule has 5 heterocycles. The van der Waals surface area contributed by atoms with Gasteiger partial charge in [0.1, 0.15) is 22.9 Å². The number of rotatable bonds is 3. The maximum absolute atomic E-state index is 12.8. The third kappa shape index (κ3) is 4.72. The van der Waals surface area contributed by atoms with E-state index in [0.29, 0.717) is 5.75 Å². The summed E-state index contributed by atoms with van der Waals surface area (Å²) in [7, 11) is 0. The largest absolute Gasteiger partial charge is 0.507 e. The van der Waals surface area contributed by atoms with Gasteiger partial charge in [-0.05, 0) is 92.6 Å². The zero-order valence-electron chi connectivity index (χ0n) is 32.4. The van der Waals surface area contributed by atoms with Crippen molar-refractivity contribution >= 4 is 56.0 Å². The number of nitrogens with zero attached hydrogens (tertiary/aromatic N) is 3. The third-order valence-electron chi connectivity index (χ3n) is 12.8. The smallest absolute Gasteiger partial charge is 0.226 e. The number of fused-ring (bicyclic) bond motifs is 13. The maximum atomic E-state index is 12.8. The number of hydrogen-bond donors (Lipinski definition) is 1. The summed E-state index contributed by atoms with van der Waals surface area (Å²) in [6.07, 6.45) is 8.32. The molecular weight excluding hydrogens is 709 g/mol. The van der Waals surface area contributed by atoms with Gasteiger partial charge < -0.3 is 9.84 Å². The molecule has 0 radical (unpaired) electrons. The number of phenolic OH excluding ortho intramolecular Hbond substituents is 1. The predicted octanol–water partition coefficient (Wildman–Crippen LogP) is 11.1. The second kappa shape index (κ2) is 12.0. The van der Waals surface area contributed by atoms with Crippen LogP contribution in [0, 0.1) is 0 Å². The van der Waals surface area contributed by atoms with Crippen molar-refractivity contribution in [1.82, 2.24) is 14.4 Å². The highest BCUT2D eigenvalue weighted by Gasteiger charge is 2.51. The highest BCUT2D eigenvalue weighted by atomic mass is 16.5. The van der Waals surface area contributed by atoms with Gasteiger partial charge in [0.15, 0.2) is 0 Å². The van der Waals surface area contributed by atoms with Crippen molar-refractivity contribution in [2.45, 2.75) is 37.9 Å². The number of imidazole rings is 1. The molecule has 0 bridgehead atoms. The van der Waals surface area contributed by atoms with Gasteiger partial charge in [-0.25, -0.2) is 4.98 Å². The van der Waals surface area contributed by atoms with Gasteiger partial charge in [-0.15, -0.1) is 0 Å².